The molecule has 0 aromatic heterocycles. The van der Waals surface area contributed by atoms with Crippen LogP contribution in [0.25, 0.3) is 0 Å². The van der Waals surface area contributed by atoms with Crippen molar-refractivity contribution in [2.24, 2.45) is 0 Å². The monoisotopic (exact) mass is 269 g/mol. The van der Waals surface area contributed by atoms with Gasteiger partial charge in [0.05, 0.1) is 17.3 Å². The smallest absolute Gasteiger partial charge is 0.0682 e. The van der Waals surface area contributed by atoms with E-state index in [1.54, 1.807) is 0 Å². The molecule has 1 saturated carbocycles. The molecule has 2 rings (SSSR count). The van der Waals surface area contributed by atoms with E-state index in [9.17, 15) is 0 Å². The number of hydrogen-bond acceptors (Lipinski definition) is 3. The molecular formula is C14H20ClNO2. The average molecular weight is 270 g/mol. The van der Waals surface area contributed by atoms with Crippen molar-refractivity contribution in [2.75, 3.05) is 18.1 Å². The summed E-state index contributed by atoms with van der Waals surface area (Å²) in [5, 5.41) is 18.8. The molecule has 0 aliphatic heterocycles. The first-order chi connectivity index (χ1) is 8.76. The third kappa shape index (κ3) is 2.97. The van der Waals surface area contributed by atoms with Gasteiger partial charge in [-0.1, -0.05) is 17.7 Å². The standard InChI is InChI=1S/C14H20ClNO2/c15-13-9-11(10-18)5-6-14(13)16(7-2-8-17)12-3-1-4-12/h5-6,9,12,17-18H,1-4,7-8,10H2. The molecule has 0 saturated heterocycles. The summed E-state index contributed by atoms with van der Waals surface area (Å²) in [7, 11) is 0. The van der Waals surface area contributed by atoms with Crippen molar-refractivity contribution in [2.45, 2.75) is 38.3 Å². The van der Waals surface area contributed by atoms with Crippen LogP contribution in [-0.4, -0.2) is 29.4 Å². The number of aliphatic hydroxyl groups is 2. The largest absolute Gasteiger partial charge is 0.396 e. The molecule has 3 nitrogen and oxygen atoms in total. The van der Waals surface area contributed by atoms with E-state index in [1.165, 1.54) is 19.3 Å². The second-order valence-corrected chi connectivity index (χ2v) is 5.21. The highest BCUT2D eigenvalue weighted by Gasteiger charge is 2.26. The molecule has 1 aromatic carbocycles. The fourth-order valence-electron chi connectivity index (χ4n) is 2.32. The Balaban J connectivity index is 2.18. The molecule has 1 aromatic rings. The van der Waals surface area contributed by atoms with Crippen molar-refractivity contribution in [1.82, 2.24) is 0 Å². The number of anilines is 1. The zero-order chi connectivity index (χ0) is 13.0. The maximum atomic E-state index is 9.09. The van der Waals surface area contributed by atoms with Crippen LogP contribution in [0.15, 0.2) is 18.2 Å². The molecule has 18 heavy (non-hydrogen) atoms. The van der Waals surface area contributed by atoms with Gasteiger partial charge in [-0.2, -0.15) is 0 Å². The fourth-order valence-corrected chi connectivity index (χ4v) is 2.63. The summed E-state index contributed by atoms with van der Waals surface area (Å²) in [6.07, 6.45) is 4.42. The Bertz CT molecular complexity index is 393. The van der Waals surface area contributed by atoms with Crippen molar-refractivity contribution < 1.29 is 10.2 Å². The first-order valence-corrected chi connectivity index (χ1v) is 6.91. The van der Waals surface area contributed by atoms with E-state index in [4.69, 9.17) is 21.8 Å². The minimum atomic E-state index is 0.0140. The van der Waals surface area contributed by atoms with Gasteiger partial charge in [0, 0.05) is 19.2 Å². The lowest BCUT2D eigenvalue weighted by atomic mass is 9.90. The summed E-state index contributed by atoms with van der Waals surface area (Å²) in [4.78, 5) is 2.29. The summed E-state index contributed by atoms with van der Waals surface area (Å²) in [5.74, 6) is 0. The SMILES string of the molecule is OCCCN(c1ccc(CO)cc1Cl)C1CCC1. The van der Waals surface area contributed by atoms with E-state index < -0.39 is 0 Å². The maximum Gasteiger partial charge on any atom is 0.0682 e. The zero-order valence-electron chi connectivity index (χ0n) is 10.5. The average Bonchev–Trinajstić information content (AvgIpc) is 2.32. The highest BCUT2D eigenvalue weighted by molar-refractivity contribution is 6.33. The van der Waals surface area contributed by atoms with Crippen LogP contribution in [0.1, 0.15) is 31.2 Å². The molecule has 0 heterocycles. The molecule has 0 amide bonds. The van der Waals surface area contributed by atoms with Gasteiger partial charge in [0.25, 0.3) is 0 Å². The minimum Gasteiger partial charge on any atom is -0.396 e. The van der Waals surface area contributed by atoms with Gasteiger partial charge in [0.1, 0.15) is 0 Å². The lowest BCUT2D eigenvalue weighted by molar-refractivity contribution is 0.281. The van der Waals surface area contributed by atoms with E-state index in [1.807, 2.05) is 18.2 Å². The highest BCUT2D eigenvalue weighted by atomic mass is 35.5. The molecule has 1 aliphatic carbocycles. The maximum absolute atomic E-state index is 9.09. The van der Waals surface area contributed by atoms with Crippen LogP contribution in [0.4, 0.5) is 5.69 Å². The lowest BCUT2D eigenvalue weighted by Crippen LogP contribution is -2.41. The molecular weight excluding hydrogens is 250 g/mol. The number of aliphatic hydroxyl groups excluding tert-OH is 2. The van der Waals surface area contributed by atoms with Crippen LogP contribution in [0, 0.1) is 0 Å². The van der Waals surface area contributed by atoms with Crippen LogP contribution in [0.5, 0.6) is 0 Å². The van der Waals surface area contributed by atoms with Gasteiger partial charge >= 0.3 is 0 Å². The second kappa shape index (κ2) is 6.41. The molecule has 100 valence electrons. The van der Waals surface area contributed by atoms with Crippen LogP contribution in [-0.2, 0) is 6.61 Å². The quantitative estimate of drug-likeness (QED) is 0.834. The summed E-state index contributed by atoms with van der Waals surface area (Å²) in [6, 6.07) is 6.26. The van der Waals surface area contributed by atoms with Gasteiger partial charge in [-0.3, -0.25) is 0 Å². The van der Waals surface area contributed by atoms with E-state index in [2.05, 4.69) is 4.90 Å². The van der Waals surface area contributed by atoms with Crippen molar-refractivity contribution >= 4 is 17.3 Å². The number of hydrogen-bond donors (Lipinski definition) is 2. The molecule has 1 fully saturated rings. The molecule has 0 unspecified atom stereocenters. The third-order valence-corrected chi connectivity index (χ3v) is 3.88. The first-order valence-electron chi connectivity index (χ1n) is 6.53. The number of benzene rings is 1. The Labute approximate surface area is 113 Å². The summed E-state index contributed by atoms with van der Waals surface area (Å²) < 4.78 is 0. The first kappa shape index (κ1) is 13.7. The van der Waals surface area contributed by atoms with Crippen LogP contribution >= 0.6 is 11.6 Å². The summed E-state index contributed by atoms with van der Waals surface area (Å²) in [5.41, 5.74) is 1.85. The Morgan fingerprint density at radius 2 is 2.06 bits per heavy atom. The van der Waals surface area contributed by atoms with Gasteiger partial charge in [-0.15, -0.1) is 0 Å². The Morgan fingerprint density at radius 1 is 1.28 bits per heavy atom. The van der Waals surface area contributed by atoms with Gasteiger partial charge in [0.15, 0.2) is 0 Å². The molecule has 2 N–H and O–H groups in total. The van der Waals surface area contributed by atoms with Gasteiger partial charge in [0.2, 0.25) is 0 Å². The van der Waals surface area contributed by atoms with E-state index >= 15 is 0 Å². The molecule has 0 spiro atoms. The molecule has 0 bridgehead atoms. The predicted molar refractivity (Wildman–Crippen MR) is 74.1 cm³/mol. The van der Waals surface area contributed by atoms with Gasteiger partial charge < -0.3 is 15.1 Å². The minimum absolute atomic E-state index is 0.0140. The molecule has 1 aliphatic rings. The third-order valence-electron chi connectivity index (χ3n) is 3.58. The number of halogens is 1. The predicted octanol–water partition coefficient (Wildman–Crippen LogP) is 2.57. The van der Waals surface area contributed by atoms with E-state index in [0.29, 0.717) is 11.1 Å². The van der Waals surface area contributed by atoms with Crippen molar-refractivity contribution in [3.63, 3.8) is 0 Å². The van der Waals surface area contributed by atoms with Gasteiger partial charge in [-0.25, -0.2) is 0 Å². The summed E-state index contributed by atoms with van der Waals surface area (Å²) in [6.45, 7) is 1.05. The Morgan fingerprint density at radius 3 is 2.56 bits per heavy atom. The van der Waals surface area contributed by atoms with Gasteiger partial charge in [-0.05, 0) is 43.4 Å². The Kier molecular flexibility index (Phi) is 4.87. The van der Waals surface area contributed by atoms with Crippen LogP contribution in [0.3, 0.4) is 0 Å². The highest BCUT2D eigenvalue weighted by Crippen LogP contribution is 2.34. The van der Waals surface area contributed by atoms with E-state index in [-0.39, 0.29) is 13.2 Å². The summed E-state index contributed by atoms with van der Waals surface area (Å²) >= 11 is 6.29. The number of rotatable bonds is 6. The normalized spacial score (nSPS) is 15.5. The fraction of sp³-hybridized carbons (Fsp3) is 0.571. The molecule has 4 heteroatoms. The Hall–Kier alpha value is -0.770. The van der Waals surface area contributed by atoms with Crippen LogP contribution < -0.4 is 4.90 Å². The van der Waals surface area contributed by atoms with Crippen molar-refractivity contribution in [1.29, 1.82) is 0 Å². The van der Waals surface area contributed by atoms with Crippen LogP contribution in [0.2, 0.25) is 5.02 Å². The second-order valence-electron chi connectivity index (χ2n) is 4.80. The van der Waals surface area contributed by atoms with Crippen molar-refractivity contribution in [3.8, 4) is 0 Å². The topological polar surface area (TPSA) is 43.7 Å². The van der Waals surface area contributed by atoms with Crippen molar-refractivity contribution in [3.05, 3.63) is 28.8 Å². The lowest BCUT2D eigenvalue weighted by Gasteiger charge is -2.39. The zero-order valence-corrected chi connectivity index (χ0v) is 11.2. The number of nitrogens with zero attached hydrogens (tertiary/aromatic N) is 1. The molecule has 0 atom stereocenters. The molecule has 0 radical (unpaired) electrons. The van der Waals surface area contributed by atoms with E-state index in [0.717, 1.165) is 24.2 Å².